The molecule has 0 spiro atoms. The number of hydrogen-bond donors (Lipinski definition) is 1. The van der Waals surface area contributed by atoms with Gasteiger partial charge in [-0.3, -0.25) is 0 Å². The molecule has 6 heteroatoms. The maximum Gasteiger partial charge on any atom is 0.200 e. The normalized spacial score (nSPS) is 10.8. The predicted molar refractivity (Wildman–Crippen MR) is 78.1 cm³/mol. The Hall–Kier alpha value is -0.720. The molecule has 0 aliphatic rings. The van der Waals surface area contributed by atoms with Crippen LogP contribution < -0.4 is 10.1 Å². The van der Waals surface area contributed by atoms with Crippen molar-refractivity contribution in [3.05, 3.63) is 28.2 Å². The van der Waals surface area contributed by atoms with E-state index in [4.69, 9.17) is 9.47 Å². The van der Waals surface area contributed by atoms with Crippen LogP contribution in [0.1, 0.15) is 19.8 Å². The molecule has 0 saturated heterocycles. The van der Waals surface area contributed by atoms with Gasteiger partial charge >= 0.3 is 0 Å². The molecule has 0 amide bonds. The van der Waals surface area contributed by atoms with Crippen LogP contribution in [0.4, 0.5) is 8.78 Å². The van der Waals surface area contributed by atoms with Crippen molar-refractivity contribution in [1.82, 2.24) is 5.32 Å². The minimum atomic E-state index is -0.962. The quantitative estimate of drug-likeness (QED) is 0.516. The van der Waals surface area contributed by atoms with Crippen molar-refractivity contribution in [2.75, 3.05) is 32.9 Å². The monoisotopic (exact) mass is 351 g/mol. The van der Waals surface area contributed by atoms with E-state index in [1.807, 2.05) is 0 Å². The van der Waals surface area contributed by atoms with Gasteiger partial charge in [0.25, 0.3) is 0 Å². The molecule has 1 aromatic carbocycles. The minimum absolute atomic E-state index is 0.0853. The summed E-state index contributed by atoms with van der Waals surface area (Å²) in [5.74, 6) is -1.97. The maximum atomic E-state index is 13.4. The molecule has 0 radical (unpaired) electrons. The molecule has 1 N–H and O–H groups in total. The molecule has 1 aromatic rings. The molecule has 0 heterocycles. The van der Waals surface area contributed by atoms with Gasteiger partial charge in [-0.15, -0.1) is 0 Å². The molecular weight excluding hydrogens is 332 g/mol. The lowest BCUT2D eigenvalue weighted by atomic mass is 10.3. The topological polar surface area (TPSA) is 30.5 Å². The Balaban J connectivity index is 2.13. The Morgan fingerprint density at radius 2 is 1.90 bits per heavy atom. The molecule has 0 fully saturated rings. The lowest BCUT2D eigenvalue weighted by molar-refractivity contribution is 0.132. The van der Waals surface area contributed by atoms with Crippen molar-refractivity contribution in [3.63, 3.8) is 0 Å². The van der Waals surface area contributed by atoms with E-state index in [1.54, 1.807) is 0 Å². The summed E-state index contributed by atoms with van der Waals surface area (Å²) in [6.45, 7) is 5.05. The third kappa shape index (κ3) is 6.63. The van der Waals surface area contributed by atoms with Crippen LogP contribution in [0.25, 0.3) is 0 Å². The van der Waals surface area contributed by atoms with E-state index in [0.717, 1.165) is 25.5 Å². The summed E-state index contributed by atoms with van der Waals surface area (Å²) in [5, 5.41) is 3.10. The molecule has 1 rings (SSSR count). The van der Waals surface area contributed by atoms with Crippen LogP contribution in [-0.4, -0.2) is 32.9 Å². The summed E-state index contributed by atoms with van der Waals surface area (Å²) in [5.41, 5.74) is 0. The second kappa shape index (κ2) is 10.1. The van der Waals surface area contributed by atoms with Gasteiger partial charge in [0.1, 0.15) is 6.61 Å². The maximum absolute atomic E-state index is 13.4. The van der Waals surface area contributed by atoms with Gasteiger partial charge in [-0.2, -0.15) is 4.39 Å². The van der Waals surface area contributed by atoms with Crippen molar-refractivity contribution in [3.8, 4) is 5.75 Å². The summed E-state index contributed by atoms with van der Waals surface area (Å²) in [6, 6.07) is 2.47. The second-order valence-electron chi connectivity index (χ2n) is 4.26. The predicted octanol–water partition coefficient (Wildman–Crippen LogP) is 3.51. The third-order valence-electron chi connectivity index (χ3n) is 2.56. The van der Waals surface area contributed by atoms with Gasteiger partial charge in [-0.05, 0) is 18.6 Å². The van der Waals surface area contributed by atoms with E-state index < -0.39 is 11.6 Å². The SMILES string of the molecule is CCCCOCCNCCOc1cc(Br)cc(F)c1F. The number of ether oxygens (including phenoxy) is 2. The van der Waals surface area contributed by atoms with Gasteiger partial charge in [-0.1, -0.05) is 29.3 Å². The molecule has 0 aliphatic heterocycles. The summed E-state index contributed by atoms with van der Waals surface area (Å²) in [4.78, 5) is 0. The summed E-state index contributed by atoms with van der Waals surface area (Å²) < 4.78 is 37.5. The molecule has 0 saturated carbocycles. The minimum Gasteiger partial charge on any atom is -0.489 e. The highest BCUT2D eigenvalue weighted by Gasteiger charge is 2.10. The number of halogens is 3. The van der Waals surface area contributed by atoms with Crippen LogP contribution in [0, 0.1) is 11.6 Å². The van der Waals surface area contributed by atoms with Crippen LogP contribution in [0.3, 0.4) is 0 Å². The van der Waals surface area contributed by atoms with Gasteiger partial charge in [0.2, 0.25) is 5.82 Å². The molecule has 0 unspecified atom stereocenters. The fraction of sp³-hybridized carbons (Fsp3) is 0.571. The number of hydrogen-bond acceptors (Lipinski definition) is 3. The van der Waals surface area contributed by atoms with Crippen LogP contribution in [-0.2, 0) is 4.74 Å². The highest BCUT2D eigenvalue weighted by molar-refractivity contribution is 9.10. The number of benzene rings is 1. The van der Waals surface area contributed by atoms with E-state index in [1.165, 1.54) is 6.07 Å². The smallest absolute Gasteiger partial charge is 0.200 e. The van der Waals surface area contributed by atoms with E-state index in [0.29, 0.717) is 24.2 Å². The average molecular weight is 352 g/mol. The van der Waals surface area contributed by atoms with Gasteiger partial charge in [0.15, 0.2) is 11.6 Å². The Kier molecular flexibility index (Phi) is 8.73. The number of nitrogens with one attached hydrogen (secondary N) is 1. The Labute approximate surface area is 126 Å². The Bertz CT molecular complexity index is 405. The standard InChI is InChI=1S/C14H20BrF2NO2/c1-2-3-6-19-7-4-18-5-8-20-13-10-11(15)9-12(16)14(13)17/h9-10,18H,2-8H2,1H3. The molecule has 114 valence electrons. The van der Waals surface area contributed by atoms with E-state index in [2.05, 4.69) is 28.2 Å². The first-order valence-corrected chi connectivity index (χ1v) is 7.50. The fourth-order valence-corrected chi connectivity index (χ4v) is 1.90. The third-order valence-corrected chi connectivity index (χ3v) is 3.02. The number of rotatable bonds is 10. The molecule has 0 aromatic heterocycles. The van der Waals surface area contributed by atoms with Gasteiger partial charge in [0, 0.05) is 24.2 Å². The van der Waals surface area contributed by atoms with Crippen molar-refractivity contribution in [2.45, 2.75) is 19.8 Å². The highest BCUT2D eigenvalue weighted by Crippen LogP contribution is 2.25. The lowest BCUT2D eigenvalue weighted by Crippen LogP contribution is -2.25. The first-order chi connectivity index (χ1) is 9.65. The number of unbranched alkanes of at least 4 members (excludes halogenated alkanes) is 1. The first kappa shape index (κ1) is 17.3. The van der Waals surface area contributed by atoms with Crippen molar-refractivity contribution < 1.29 is 18.3 Å². The van der Waals surface area contributed by atoms with Gasteiger partial charge in [-0.25, -0.2) is 4.39 Å². The fourth-order valence-electron chi connectivity index (χ4n) is 1.49. The zero-order valence-corrected chi connectivity index (χ0v) is 13.1. The van der Waals surface area contributed by atoms with Crippen molar-refractivity contribution in [1.29, 1.82) is 0 Å². The summed E-state index contributed by atoms with van der Waals surface area (Å²) >= 11 is 3.09. The van der Waals surface area contributed by atoms with E-state index in [9.17, 15) is 8.78 Å². The molecule has 0 aliphatic carbocycles. The molecular formula is C14H20BrF2NO2. The largest absolute Gasteiger partial charge is 0.489 e. The van der Waals surface area contributed by atoms with E-state index in [-0.39, 0.29) is 12.4 Å². The van der Waals surface area contributed by atoms with Crippen LogP contribution in [0.5, 0.6) is 5.75 Å². The van der Waals surface area contributed by atoms with Gasteiger partial charge in [0.05, 0.1) is 6.61 Å². The molecule has 20 heavy (non-hydrogen) atoms. The van der Waals surface area contributed by atoms with Crippen LogP contribution in [0.15, 0.2) is 16.6 Å². The lowest BCUT2D eigenvalue weighted by Gasteiger charge is -2.09. The Morgan fingerprint density at radius 1 is 1.15 bits per heavy atom. The molecule has 0 atom stereocenters. The van der Waals surface area contributed by atoms with Gasteiger partial charge < -0.3 is 14.8 Å². The molecule has 3 nitrogen and oxygen atoms in total. The van der Waals surface area contributed by atoms with Crippen molar-refractivity contribution >= 4 is 15.9 Å². The molecule has 0 bridgehead atoms. The zero-order valence-electron chi connectivity index (χ0n) is 11.6. The summed E-state index contributed by atoms with van der Waals surface area (Å²) in [6.07, 6.45) is 2.19. The van der Waals surface area contributed by atoms with Crippen molar-refractivity contribution in [2.24, 2.45) is 0 Å². The van der Waals surface area contributed by atoms with E-state index >= 15 is 0 Å². The first-order valence-electron chi connectivity index (χ1n) is 6.71. The Morgan fingerprint density at radius 3 is 2.65 bits per heavy atom. The summed E-state index contributed by atoms with van der Waals surface area (Å²) in [7, 11) is 0. The average Bonchev–Trinajstić information content (AvgIpc) is 2.42. The van der Waals surface area contributed by atoms with Crippen LogP contribution in [0.2, 0.25) is 0 Å². The van der Waals surface area contributed by atoms with Crippen LogP contribution >= 0.6 is 15.9 Å². The second-order valence-corrected chi connectivity index (χ2v) is 5.18. The highest BCUT2D eigenvalue weighted by atomic mass is 79.9. The zero-order chi connectivity index (χ0) is 14.8.